The standard InChI is InChI=1S/C17H17NO/c1-13-6-8-16(9-7-13)18-11-10-17(19)15-5-3-4-14(2)12-15/h3-12,18H,1-2H3. The molecule has 0 saturated carbocycles. The number of carbonyl (C=O) groups is 1. The van der Waals surface area contributed by atoms with Gasteiger partial charge in [0.1, 0.15) is 0 Å². The van der Waals surface area contributed by atoms with Gasteiger partial charge in [-0.05, 0) is 32.0 Å². The van der Waals surface area contributed by atoms with Gasteiger partial charge in [0.25, 0.3) is 0 Å². The van der Waals surface area contributed by atoms with E-state index in [0.717, 1.165) is 11.3 Å². The van der Waals surface area contributed by atoms with Gasteiger partial charge in [-0.3, -0.25) is 4.79 Å². The van der Waals surface area contributed by atoms with Crippen LogP contribution in [0.1, 0.15) is 21.5 Å². The van der Waals surface area contributed by atoms with Gasteiger partial charge in [-0.2, -0.15) is 0 Å². The fourth-order valence-corrected chi connectivity index (χ4v) is 1.76. The molecule has 0 atom stereocenters. The Labute approximate surface area is 113 Å². The molecule has 0 aliphatic rings. The molecule has 2 aromatic rings. The van der Waals surface area contributed by atoms with Crippen LogP contribution in [0.25, 0.3) is 0 Å². The van der Waals surface area contributed by atoms with E-state index in [9.17, 15) is 4.79 Å². The van der Waals surface area contributed by atoms with Gasteiger partial charge >= 0.3 is 0 Å². The van der Waals surface area contributed by atoms with Crippen molar-refractivity contribution >= 4 is 11.5 Å². The fraction of sp³-hybridized carbons (Fsp3) is 0.118. The normalized spacial score (nSPS) is 10.6. The Morgan fingerprint density at radius 1 is 1.00 bits per heavy atom. The van der Waals surface area contributed by atoms with Crippen LogP contribution in [0.2, 0.25) is 0 Å². The Kier molecular flexibility index (Phi) is 4.14. The number of carbonyl (C=O) groups excluding carboxylic acids is 1. The van der Waals surface area contributed by atoms with Crippen LogP contribution in [0.3, 0.4) is 0 Å². The monoisotopic (exact) mass is 251 g/mol. The first kappa shape index (κ1) is 13.1. The van der Waals surface area contributed by atoms with E-state index >= 15 is 0 Å². The maximum atomic E-state index is 11.9. The highest BCUT2D eigenvalue weighted by Gasteiger charge is 2.00. The Bertz CT molecular complexity index is 597. The van der Waals surface area contributed by atoms with E-state index in [0.29, 0.717) is 5.56 Å². The predicted molar refractivity (Wildman–Crippen MR) is 79.5 cm³/mol. The Morgan fingerprint density at radius 2 is 1.74 bits per heavy atom. The van der Waals surface area contributed by atoms with Gasteiger partial charge in [0.2, 0.25) is 0 Å². The highest BCUT2D eigenvalue weighted by molar-refractivity contribution is 6.04. The SMILES string of the molecule is Cc1ccc(NC=CC(=O)c2cccc(C)c2)cc1. The zero-order valence-electron chi connectivity index (χ0n) is 11.2. The Balaban J connectivity index is 1.99. The number of allylic oxidation sites excluding steroid dienone is 1. The van der Waals surface area contributed by atoms with E-state index in [1.54, 1.807) is 12.3 Å². The van der Waals surface area contributed by atoms with Crippen LogP contribution in [0.15, 0.2) is 60.8 Å². The molecule has 2 nitrogen and oxygen atoms in total. The summed E-state index contributed by atoms with van der Waals surface area (Å²) < 4.78 is 0. The number of hydrogen-bond donors (Lipinski definition) is 1. The largest absolute Gasteiger partial charge is 0.362 e. The Hall–Kier alpha value is -2.35. The topological polar surface area (TPSA) is 29.1 Å². The van der Waals surface area contributed by atoms with Crippen molar-refractivity contribution in [2.75, 3.05) is 5.32 Å². The summed E-state index contributed by atoms with van der Waals surface area (Å²) in [6.45, 7) is 4.02. The molecule has 0 fully saturated rings. The van der Waals surface area contributed by atoms with Crippen LogP contribution in [-0.2, 0) is 0 Å². The molecule has 0 amide bonds. The molecule has 0 spiro atoms. The number of rotatable bonds is 4. The third kappa shape index (κ3) is 3.81. The first-order valence-corrected chi connectivity index (χ1v) is 6.26. The van der Waals surface area contributed by atoms with Crippen LogP contribution in [0.5, 0.6) is 0 Å². The molecule has 0 radical (unpaired) electrons. The molecular weight excluding hydrogens is 234 g/mol. The predicted octanol–water partition coefficient (Wildman–Crippen LogP) is 4.11. The third-order valence-electron chi connectivity index (χ3n) is 2.84. The van der Waals surface area contributed by atoms with Gasteiger partial charge in [0.05, 0.1) is 0 Å². The van der Waals surface area contributed by atoms with E-state index in [-0.39, 0.29) is 5.78 Å². The van der Waals surface area contributed by atoms with E-state index in [2.05, 4.69) is 5.32 Å². The average Bonchev–Trinajstić information content (AvgIpc) is 2.41. The van der Waals surface area contributed by atoms with Crippen LogP contribution in [0.4, 0.5) is 5.69 Å². The molecule has 0 heterocycles. The highest BCUT2D eigenvalue weighted by Crippen LogP contribution is 2.09. The molecule has 0 unspecified atom stereocenters. The number of benzene rings is 2. The Morgan fingerprint density at radius 3 is 2.42 bits per heavy atom. The van der Waals surface area contributed by atoms with E-state index < -0.39 is 0 Å². The maximum Gasteiger partial charge on any atom is 0.187 e. The van der Waals surface area contributed by atoms with Crippen molar-refractivity contribution in [1.29, 1.82) is 0 Å². The van der Waals surface area contributed by atoms with Gasteiger partial charge < -0.3 is 5.32 Å². The minimum Gasteiger partial charge on any atom is -0.362 e. The summed E-state index contributed by atoms with van der Waals surface area (Å²) in [5, 5.41) is 3.09. The van der Waals surface area contributed by atoms with Gasteiger partial charge in [-0.25, -0.2) is 0 Å². The van der Waals surface area contributed by atoms with E-state index in [1.807, 2.05) is 62.4 Å². The molecule has 0 aliphatic carbocycles. The summed E-state index contributed by atoms with van der Waals surface area (Å²) in [5.74, 6) is 0.00307. The highest BCUT2D eigenvalue weighted by atomic mass is 16.1. The summed E-state index contributed by atoms with van der Waals surface area (Å²) in [4.78, 5) is 11.9. The van der Waals surface area contributed by atoms with Crippen molar-refractivity contribution in [3.8, 4) is 0 Å². The smallest absolute Gasteiger partial charge is 0.187 e. The molecule has 19 heavy (non-hydrogen) atoms. The van der Waals surface area contributed by atoms with Crippen LogP contribution in [0, 0.1) is 13.8 Å². The second-order valence-electron chi connectivity index (χ2n) is 4.58. The van der Waals surface area contributed by atoms with Crippen molar-refractivity contribution in [2.45, 2.75) is 13.8 Å². The number of ketones is 1. The van der Waals surface area contributed by atoms with Gasteiger partial charge in [-0.1, -0.05) is 41.5 Å². The number of aryl methyl sites for hydroxylation is 2. The molecule has 1 N–H and O–H groups in total. The molecular formula is C17H17NO. The lowest BCUT2D eigenvalue weighted by atomic mass is 10.1. The lowest BCUT2D eigenvalue weighted by molar-refractivity contribution is 0.104. The summed E-state index contributed by atoms with van der Waals surface area (Å²) in [5.41, 5.74) is 3.98. The molecule has 2 rings (SSSR count). The molecule has 0 saturated heterocycles. The van der Waals surface area contributed by atoms with Gasteiger partial charge in [0.15, 0.2) is 5.78 Å². The van der Waals surface area contributed by atoms with Crippen molar-refractivity contribution < 1.29 is 4.79 Å². The second-order valence-corrected chi connectivity index (χ2v) is 4.58. The third-order valence-corrected chi connectivity index (χ3v) is 2.84. The van der Waals surface area contributed by atoms with Gasteiger partial charge in [-0.15, -0.1) is 0 Å². The van der Waals surface area contributed by atoms with E-state index in [1.165, 1.54) is 5.56 Å². The van der Waals surface area contributed by atoms with Crippen LogP contribution < -0.4 is 5.32 Å². The fourth-order valence-electron chi connectivity index (χ4n) is 1.76. The van der Waals surface area contributed by atoms with Crippen LogP contribution >= 0.6 is 0 Å². The van der Waals surface area contributed by atoms with Crippen molar-refractivity contribution in [2.24, 2.45) is 0 Å². The summed E-state index contributed by atoms with van der Waals surface area (Å²) in [6.07, 6.45) is 3.23. The molecule has 0 aromatic heterocycles. The quantitative estimate of drug-likeness (QED) is 0.654. The second kappa shape index (κ2) is 6.01. The number of hydrogen-bond acceptors (Lipinski definition) is 2. The first-order chi connectivity index (χ1) is 9.15. The molecule has 0 bridgehead atoms. The maximum absolute atomic E-state index is 11.9. The molecule has 2 heteroatoms. The first-order valence-electron chi connectivity index (χ1n) is 6.26. The average molecular weight is 251 g/mol. The van der Waals surface area contributed by atoms with Gasteiger partial charge in [0, 0.05) is 23.5 Å². The lowest BCUT2D eigenvalue weighted by Crippen LogP contribution is -1.96. The van der Waals surface area contributed by atoms with E-state index in [4.69, 9.17) is 0 Å². The summed E-state index contributed by atoms with van der Waals surface area (Å²) >= 11 is 0. The number of anilines is 1. The zero-order chi connectivity index (χ0) is 13.7. The lowest BCUT2D eigenvalue weighted by Gasteiger charge is -2.01. The van der Waals surface area contributed by atoms with Crippen LogP contribution in [-0.4, -0.2) is 5.78 Å². The zero-order valence-corrected chi connectivity index (χ0v) is 11.2. The summed E-state index contributed by atoms with van der Waals surface area (Å²) in [6, 6.07) is 15.6. The molecule has 96 valence electrons. The minimum absolute atomic E-state index is 0.00307. The van der Waals surface area contributed by atoms with Crippen molar-refractivity contribution in [1.82, 2.24) is 0 Å². The summed E-state index contributed by atoms with van der Waals surface area (Å²) in [7, 11) is 0. The van der Waals surface area contributed by atoms with Crippen molar-refractivity contribution in [3.05, 3.63) is 77.5 Å². The molecule has 0 aliphatic heterocycles. The van der Waals surface area contributed by atoms with Crippen molar-refractivity contribution in [3.63, 3.8) is 0 Å². The minimum atomic E-state index is 0.00307. The molecule has 2 aromatic carbocycles. The number of nitrogens with one attached hydrogen (secondary N) is 1.